The molecule has 4 atom stereocenters. The van der Waals surface area contributed by atoms with E-state index in [0.717, 1.165) is 18.8 Å². The predicted octanol–water partition coefficient (Wildman–Crippen LogP) is 5.50. The van der Waals surface area contributed by atoms with Gasteiger partial charge in [0, 0.05) is 0 Å². The van der Waals surface area contributed by atoms with Crippen LogP contribution in [0.25, 0.3) is 0 Å². The van der Waals surface area contributed by atoms with Crippen LogP contribution >= 0.6 is 0 Å². The molecule has 0 bridgehead atoms. The molecule has 120 valence electrons. The second-order valence-electron chi connectivity index (χ2n) is 8.75. The van der Waals surface area contributed by atoms with Gasteiger partial charge < -0.3 is 5.11 Å². The summed E-state index contributed by atoms with van der Waals surface area (Å²) in [5, 5.41) is 10.3. The second-order valence-corrected chi connectivity index (χ2v) is 8.75. The third-order valence-electron chi connectivity index (χ3n) is 6.70. The maximum atomic E-state index is 10.3. The Bertz CT molecular complexity index is 418. The molecule has 0 aromatic rings. The van der Waals surface area contributed by atoms with Crippen molar-refractivity contribution in [3.63, 3.8) is 0 Å². The molecule has 0 spiro atoms. The molecule has 0 radical (unpaired) electrons. The molecule has 2 rings (SSSR count). The maximum Gasteiger partial charge on any atom is 0.0797 e. The normalized spacial score (nSPS) is 38.4. The smallest absolute Gasteiger partial charge is 0.0797 e. The fraction of sp³-hybridized carbons (Fsp3) is 0.800. The van der Waals surface area contributed by atoms with Gasteiger partial charge in [0.1, 0.15) is 0 Å². The first-order valence-corrected chi connectivity index (χ1v) is 8.66. The first kappa shape index (κ1) is 16.8. The topological polar surface area (TPSA) is 20.2 Å². The summed E-state index contributed by atoms with van der Waals surface area (Å²) in [6.07, 6.45) is 10.0. The Balaban J connectivity index is 2.21. The lowest BCUT2D eigenvalue weighted by Gasteiger charge is -2.58. The van der Waals surface area contributed by atoms with E-state index >= 15 is 0 Å². The quantitative estimate of drug-likeness (QED) is 0.678. The van der Waals surface area contributed by atoms with Crippen LogP contribution in [0.15, 0.2) is 24.8 Å². The minimum atomic E-state index is -0.742. The molecule has 2 aliphatic carbocycles. The monoisotopic (exact) mass is 290 g/mol. The molecule has 0 amide bonds. The summed E-state index contributed by atoms with van der Waals surface area (Å²) in [7, 11) is 0. The number of aliphatic hydroxyl groups is 1. The van der Waals surface area contributed by atoms with E-state index in [-0.39, 0.29) is 0 Å². The maximum absolute atomic E-state index is 10.3. The SMILES string of the molecule is C=CC(C)(O)CC[C@H]1C(=C)CCC2C(C)(C)CCC[C@@]21C. The summed E-state index contributed by atoms with van der Waals surface area (Å²) in [6, 6.07) is 0. The third kappa shape index (κ3) is 3.13. The van der Waals surface area contributed by atoms with Gasteiger partial charge in [-0.2, -0.15) is 0 Å². The van der Waals surface area contributed by atoms with E-state index in [0.29, 0.717) is 16.7 Å². The molecule has 2 fully saturated rings. The number of hydrogen-bond acceptors (Lipinski definition) is 1. The summed E-state index contributed by atoms with van der Waals surface area (Å²) in [5.74, 6) is 1.35. The van der Waals surface area contributed by atoms with E-state index in [1.165, 1.54) is 37.7 Å². The molecule has 0 aromatic carbocycles. The minimum absolute atomic E-state index is 0.369. The highest BCUT2D eigenvalue weighted by molar-refractivity contribution is 5.16. The van der Waals surface area contributed by atoms with Crippen molar-refractivity contribution < 1.29 is 5.11 Å². The Morgan fingerprint density at radius 2 is 2.00 bits per heavy atom. The van der Waals surface area contributed by atoms with Crippen molar-refractivity contribution in [1.29, 1.82) is 0 Å². The molecule has 1 N–H and O–H groups in total. The molecule has 1 heteroatoms. The first-order chi connectivity index (χ1) is 9.62. The van der Waals surface area contributed by atoms with Crippen molar-refractivity contribution in [2.75, 3.05) is 0 Å². The summed E-state index contributed by atoms with van der Waals surface area (Å²) < 4.78 is 0. The van der Waals surface area contributed by atoms with Crippen LogP contribution in [0, 0.1) is 22.7 Å². The van der Waals surface area contributed by atoms with E-state index in [9.17, 15) is 5.11 Å². The molecule has 1 nitrogen and oxygen atoms in total. The number of rotatable bonds is 4. The lowest BCUT2D eigenvalue weighted by molar-refractivity contribution is -0.0583. The summed E-state index contributed by atoms with van der Waals surface area (Å²) >= 11 is 0. The lowest BCUT2D eigenvalue weighted by atomic mass is 9.47. The van der Waals surface area contributed by atoms with Gasteiger partial charge in [-0.1, -0.05) is 45.4 Å². The van der Waals surface area contributed by atoms with Crippen molar-refractivity contribution in [1.82, 2.24) is 0 Å². The Morgan fingerprint density at radius 3 is 2.62 bits per heavy atom. The average molecular weight is 290 g/mol. The number of fused-ring (bicyclic) bond motifs is 1. The summed E-state index contributed by atoms with van der Waals surface area (Å²) in [5.41, 5.74) is 1.50. The van der Waals surface area contributed by atoms with Gasteiger partial charge in [-0.3, -0.25) is 0 Å². The van der Waals surface area contributed by atoms with E-state index < -0.39 is 5.60 Å². The van der Waals surface area contributed by atoms with Gasteiger partial charge >= 0.3 is 0 Å². The molecule has 2 saturated carbocycles. The largest absolute Gasteiger partial charge is 0.386 e. The zero-order chi connectivity index (χ0) is 15.9. The highest BCUT2D eigenvalue weighted by Crippen LogP contribution is 2.61. The van der Waals surface area contributed by atoms with Crippen molar-refractivity contribution in [3.8, 4) is 0 Å². The van der Waals surface area contributed by atoms with E-state index in [1.807, 2.05) is 6.92 Å². The van der Waals surface area contributed by atoms with Gasteiger partial charge in [0.2, 0.25) is 0 Å². The molecule has 2 unspecified atom stereocenters. The van der Waals surface area contributed by atoms with Gasteiger partial charge in [0.15, 0.2) is 0 Å². The molecule has 21 heavy (non-hydrogen) atoms. The van der Waals surface area contributed by atoms with Crippen LogP contribution in [0.5, 0.6) is 0 Å². The molecular formula is C20H34O. The Hall–Kier alpha value is -0.560. The van der Waals surface area contributed by atoms with Gasteiger partial charge in [0.25, 0.3) is 0 Å². The highest BCUT2D eigenvalue weighted by atomic mass is 16.3. The Kier molecular flexibility index (Phi) is 4.46. The third-order valence-corrected chi connectivity index (χ3v) is 6.70. The van der Waals surface area contributed by atoms with Gasteiger partial charge in [-0.15, -0.1) is 6.58 Å². The van der Waals surface area contributed by atoms with E-state index in [1.54, 1.807) is 6.08 Å². The van der Waals surface area contributed by atoms with Crippen molar-refractivity contribution in [2.45, 2.75) is 78.2 Å². The van der Waals surface area contributed by atoms with Crippen LogP contribution in [-0.4, -0.2) is 10.7 Å². The van der Waals surface area contributed by atoms with Gasteiger partial charge in [0.05, 0.1) is 5.60 Å². The Morgan fingerprint density at radius 1 is 1.33 bits per heavy atom. The zero-order valence-corrected chi connectivity index (χ0v) is 14.5. The molecule has 0 aromatic heterocycles. The van der Waals surface area contributed by atoms with Crippen molar-refractivity contribution in [3.05, 3.63) is 24.8 Å². The molecule has 0 saturated heterocycles. The van der Waals surface area contributed by atoms with Crippen LogP contribution in [-0.2, 0) is 0 Å². The molecule has 0 heterocycles. The number of hydrogen-bond donors (Lipinski definition) is 1. The minimum Gasteiger partial charge on any atom is -0.386 e. The summed E-state index contributed by atoms with van der Waals surface area (Å²) in [6.45, 7) is 17.4. The number of allylic oxidation sites excluding steroid dienone is 1. The van der Waals surface area contributed by atoms with Crippen molar-refractivity contribution >= 4 is 0 Å². The van der Waals surface area contributed by atoms with E-state index in [2.05, 4.69) is 33.9 Å². The van der Waals surface area contributed by atoms with Crippen molar-refractivity contribution in [2.24, 2.45) is 22.7 Å². The first-order valence-electron chi connectivity index (χ1n) is 8.66. The fourth-order valence-corrected chi connectivity index (χ4v) is 5.35. The van der Waals surface area contributed by atoms with Crippen LogP contribution in [0.2, 0.25) is 0 Å². The molecule has 2 aliphatic rings. The second kappa shape index (κ2) is 5.57. The standard InChI is InChI=1S/C20H34O/c1-7-19(5,21)14-11-16-15(2)9-10-17-18(3,4)12-8-13-20(16,17)6/h7,16-17,21H,1-2,8-14H2,3-6H3/t16-,17?,19?,20+/m0/s1. The van der Waals surface area contributed by atoms with Crippen LogP contribution in [0.4, 0.5) is 0 Å². The predicted molar refractivity (Wildman–Crippen MR) is 91.1 cm³/mol. The van der Waals surface area contributed by atoms with Crippen LogP contribution < -0.4 is 0 Å². The summed E-state index contributed by atoms with van der Waals surface area (Å²) in [4.78, 5) is 0. The van der Waals surface area contributed by atoms with E-state index in [4.69, 9.17) is 0 Å². The molecule has 0 aliphatic heterocycles. The fourth-order valence-electron chi connectivity index (χ4n) is 5.35. The van der Waals surface area contributed by atoms with Crippen LogP contribution in [0.3, 0.4) is 0 Å². The highest BCUT2D eigenvalue weighted by Gasteiger charge is 2.52. The van der Waals surface area contributed by atoms with Crippen LogP contribution in [0.1, 0.15) is 72.6 Å². The average Bonchev–Trinajstić information content (AvgIpc) is 2.36. The zero-order valence-electron chi connectivity index (χ0n) is 14.5. The Labute approximate surface area is 131 Å². The van der Waals surface area contributed by atoms with Gasteiger partial charge in [-0.25, -0.2) is 0 Å². The lowest BCUT2D eigenvalue weighted by Crippen LogP contribution is -2.49. The molecular weight excluding hydrogens is 256 g/mol. The van der Waals surface area contributed by atoms with Gasteiger partial charge in [-0.05, 0) is 68.1 Å².